The molecule has 3 rings (SSSR count). The van der Waals surface area contributed by atoms with Crippen LogP contribution in [0, 0.1) is 5.92 Å². The Labute approximate surface area is 128 Å². The summed E-state index contributed by atoms with van der Waals surface area (Å²) < 4.78 is 0. The zero-order valence-corrected chi connectivity index (χ0v) is 12.0. The van der Waals surface area contributed by atoms with Crippen molar-refractivity contribution in [2.75, 3.05) is 5.01 Å². The highest BCUT2D eigenvalue weighted by Crippen LogP contribution is 2.26. The maximum absolute atomic E-state index is 12.5. The van der Waals surface area contributed by atoms with Crippen LogP contribution in [0.3, 0.4) is 0 Å². The van der Waals surface area contributed by atoms with Gasteiger partial charge in [0.1, 0.15) is 17.4 Å². The fraction of sp³-hybridized carbons (Fsp3) is 0.118. The van der Waals surface area contributed by atoms with Crippen LogP contribution < -0.4 is 5.01 Å². The van der Waals surface area contributed by atoms with Crippen LogP contribution in [-0.4, -0.2) is 22.9 Å². The van der Waals surface area contributed by atoms with E-state index in [2.05, 4.69) is 10.1 Å². The van der Waals surface area contributed by atoms with Gasteiger partial charge in [0, 0.05) is 6.21 Å². The lowest BCUT2D eigenvalue weighted by Crippen LogP contribution is -2.27. The summed E-state index contributed by atoms with van der Waals surface area (Å²) in [6.07, 6.45) is 1.53. The lowest BCUT2D eigenvalue weighted by Gasteiger charge is -2.12. The minimum absolute atomic E-state index is 0.0821. The second-order valence-corrected chi connectivity index (χ2v) is 4.97. The Hall–Kier alpha value is -2.95. The Kier molecular flexibility index (Phi) is 3.70. The molecule has 5 nitrogen and oxygen atoms in total. The predicted octanol–water partition coefficient (Wildman–Crippen LogP) is 3.13. The van der Waals surface area contributed by atoms with Crippen molar-refractivity contribution < 1.29 is 9.90 Å². The van der Waals surface area contributed by atoms with E-state index in [1.54, 1.807) is 31.2 Å². The number of hydrogen-bond acceptors (Lipinski definition) is 4. The molecule has 1 aliphatic rings. The highest BCUT2D eigenvalue weighted by Gasteiger charge is 2.33. The Morgan fingerprint density at radius 2 is 1.82 bits per heavy atom. The summed E-state index contributed by atoms with van der Waals surface area (Å²) in [6, 6.07) is 16.0. The van der Waals surface area contributed by atoms with Crippen LogP contribution in [0.1, 0.15) is 6.92 Å². The van der Waals surface area contributed by atoms with E-state index in [1.807, 2.05) is 30.3 Å². The van der Waals surface area contributed by atoms with E-state index < -0.39 is 5.92 Å². The molecule has 0 bridgehead atoms. The van der Waals surface area contributed by atoms with E-state index in [0.29, 0.717) is 11.4 Å². The first kappa shape index (κ1) is 14.0. The number of hydrazone groups is 1. The standard InChI is InChI=1S/C17H15N3O2/c1-12-14(11-18-15-9-5-6-10-16(15)21)17(22)20(19-12)13-7-3-2-4-8-13/h2-11,14,21H,1H3/t14-/m1/s1. The molecule has 0 unspecified atom stereocenters. The van der Waals surface area contributed by atoms with E-state index in [1.165, 1.54) is 11.2 Å². The van der Waals surface area contributed by atoms with Gasteiger partial charge in [-0.2, -0.15) is 10.1 Å². The number of anilines is 1. The Morgan fingerprint density at radius 1 is 1.14 bits per heavy atom. The van der Waals surface area contributed by atoms with Crippen LogP contribution in [0.4, 0.5) is 11.4 Å². The number of phenols is 1. The van der Waals surface area contributed by atoms with Gasteiger partial charge in [-0.15, -0.1) is 0 Å². The van der Waals surface area contributed by atoms with Gasteiger partial charge in [-0.1, -0.05) is 30.3 Å². The maximum Gasteiger partial charge on any atom is 0.261 e. The topological polar surface area (TPSA) is 65.3 Å². The molecule has 2 aromatic rings. The molecule has 0 spiro atoms. The van der Waals surface area contributed by atoms with Crippen molar-refractivity contribution >= 4 is 29.2 Å². The first-order valence-corrected chi connectivity index (χ1v) is 6.93. The van der Waals surface area contributed by atoms with E-state index in [9.17, 15) is 9.90 Å². The second-order valence-electron chi connectivity index (χ2n) is 4.97. The van der Waals surface area contributed by atoms with Crippen LogP contribution in [0.5, 0.6) is 5.75 Å². The number of rotatable bonds is 3. The SMILES string of the molecule is CC1=NN(c2ccccc2)C(=O)[C@@H]1C=Nc1ccccc1O. The third kappa shape index (κ3) is 2.61. The van der Waals surface area contributed by atoms with Crippen LogP contribution in [0.25, 0.3) is 0 Å². The van der Waals surface area contributed by atoms with Crippen molar-refractivity contribution in [3.05, 3.63) is 54.6 Å². The van der Waals surface area contributed by atoms with Crippen LogP contribution in [0.15, 0.2) is 64.7 Å². The van der Waals surface area contributed by atoms with Crippen molar-refractivity contribution in [3.8, 4) is 5.75 Å². The van der Waals surface area contributed by atoms with Gasteiger partial charge in [-0.25, -0.2) is 0 Å². The van der Waals surface area contributed by atoms with E-state index in [0.717, 1.165) is 5.69 Å². The fourth-order valence-corrected chi connectivity index (χ4v) is 2.23. The van der Waals surface area contributed by atoms with E-state index >= 15 is 0 Å². The van der Waals surface area contributed by atoms with Crippen molar-refractivity contribution in [1.82, 2.24) is 0 Å². The third-order valence-electron chi connectivity index (χ3n) is 3.43. The number of benzene rings is 2. The van der Waals surface area contributed by atoms with Gasteiger partial charge in [0.2, 0.25) is 0 Å². The molecule has 0 aliphatic carbocycles. The Balaban J connectivity index is 1.83. The van der Waals surface area contributed by atoms with Gasteiger partial charge in [0.15, 0.2) is 0 Å². The summed E-state index contributed by atoms with van der Waals surface area (Å²) in [4.78, 5) is 16.7. The summed E-state index contributed by atoms with van der Waals surface area (Å²) >= 11 is 0. The molecule has 110 valence electrons. The average Bonchev–Trinajstić information content (AvgIpc) is 2.82. The van der Waals surface area contributed by atoms with Crippen molar-refractivity contribution in [3.63, 3.8) is 0 Å². The zero-order chi connectivity index (χ0) is 15.5. The summed E-state index contributed by atoms with van der Waals surface area (Å²) in [5.74, 6) is -0.582. The number of para-hydroxylation sites is 3. The molecule has 2 aromatic carbocycles. The first-order valence-electron chi connectivity index (χ1n) is 6.93. The molecule has 5 heteroatoms. The van der Waals surface area contributed by atoms with Gasteiger partial charge in [0.05, 0.1) is 11.4 Å². The summed E-state index contributed by atoms with van der Waals surface area (Å²) in [5, 5.41) is 15.4. The molecule has 0 saturated heterocycles. The van der Waals surface area contributed by atoms with Gasteiger partial charge < -0.3 is 5.11 Å². The zero-order valence-electron chi connectivity index (χ0n) is 12.0. The Morgan fingerprint density at radius 3 is 2.55 bits per heavy atom. The number of phenolic OH excluding ortho intramolecular Hbond substituents is 1. The number of aromatic hydroxyl groups is 1. The largest absolute Gasteiger partial charge is 0.506 e. The van der Waals surface area contributed by atoms with Gasteiger partial charge in [-0.3, -0.25) is 9.79 Å². The maximum atomic E-state index is 12.5. The molecule has 1 aliphatic heterocycles. The van der Waals surface area contributed by atoms with E-state index in [4.69, 9.17) is 0 Å². The molecule has 1 atom stereocenters. The molecule has 0 saturated carbocycles. The monoisotopic (exact) mass is 293 g/mol. The fourth-order valence-electron chi connectivity index (χ4n) is 2.23. The number of nitrogens with zero attached hydrogens (tertiary/aromatic N) is 3. The van der Waals surface area contributed by atoms with E-state index in [-0.39, 0.29) is 11.7 Å². The average molecular weight is 293 g/mol. The number of carbonyl (C=O) groups excluding carboxylic acids is 1. The van der Waals surface area contributed by atoms with Crippen molar-refractivity contribution in [1.29, 1.82) is 0 Å². The molecular formula is C17H15N3O2. The second kappa shape index (κ2) is 5.81. The molecule has 0 aromatic heterocycles. The molecule has 0 radical (unpaired) electrons. The first-order chi connectivity index (χ1) is 10.7. The van der Waals surface area contributed by atoms with Crippen molar-refractivity contribution in [2.24, 2.45) is 16.0 Å². The van der Waals surface area contributed by atoms with Gasteiger partial charge in [0.25, 0.3) is 5.91 Å². The lowest BCUT2D eigenvalue weighted by molar-refractivity contribution is -0.118. The molecule has 0 fully saturated rings. The summed E-state index contributed by atoms with van der Waals surface area (Å²) in [5.41, 5.74) is 1.83. The minimum Gasteiger partial charge on any atom is -0.506 e. The van der Waals surface area contributed by atoms with Crippen LogP contribution in [-0.2, 0) is 4.79 Å². The summed E-state index contributed by atoms with van der Waals surface area (Å²) in [6.45, 7) is 1.79. The van der Waals surface area contributed by atoms with Crippen LogP contribution >= 0.6 is 0 Å². The van der Waals surface area contributed by atoms with Crippen molar-refractivity contribution in [2.45, 2.75) is 6.92 Å². The Bertz CT molecular complexity index is 754. The predicted molar refractivity (Wildman–Crippen MR) is 86.8 cm³/mol. The van der Waals surface area contributed by atoms with Crippen LogP contribution in [0.2, 0.25) is 0 Å². The molecular weight excluding hydrogens is 278 g/mol. The summed E-state index contributed by atoms with van der Waals surface area (Å²) in [7, 11) is 0. The number of carbonyl (C=O) groups is 1. The third-order valence-corrected chi connectivity index (χ3v) is 3.43. The number of hydrogen-bond donors (Lipinski definition) is 1. The minimum atomic E-state index is -0.514. The molecule has 1 N–H and O–H groups in total. The number of amides is 1. The highest BCUT2D eigenvalue weighted by molar-refractivity contribution is 6.23. The van der Waals surface area contributed by atoms with Gasteiger partial charge in [-0.05, 0) is 31.2 Å². The lowest BCUT2D eigenvalue weighted by atomic mass is 10.1. The highest BCUT2D eigenvalue weighted by atomic mass is 16.3. The normalized spacial score (nSPS) is 18.0. The smallest absolute Gasteiger partial charge is 0.261 e. The van der Waals surface area contributed by atoms with Gasteiger partial charge >= 0.3 is 0 Å². The molecule has 1 amide bonds. The quantitative estimate of drug-likeness (QED) is 0.883. The number of aliphatic imine (C=N–C) groups is 1. The molecule has 1 heterocycles. The molecule has 22 heavy (non-hydrogen) atoms.